The quantitative estimate of drug-likeness (QED) is 0.819. The molecule has 0 spiro atoms. The van der Waals surface area contributed by atoms with Crippen LogP contribution in [-0.2, 0) is 9.53 Å². The Kier molecular flexibility index (Phi) is 3.56. The van der Waals surface area contributed by atoms with Gasteiger partial charge in [-0.2, -0.15) is 0 Å². The molecule has 0 aliphatic carbocycles. The number of Topliss-reactive ketones (excluding diaryl/α,β-unsaturated/α-hetero) is 1. The van der Waals surface area contributed by atoms with Crippen molar-refractivity contribution in [2.24, 2.45) is 11.3 Å². The number of carbonyl (C=O) groups is 1. The first kappa shape index (κ1) is 14.0. The molecule has 0 radical (unpaired) electrons. The van der Waals surface area contributed by atoms with Crippen LogP contribution in [0, 0.1) is 11.3 Å². The fourth-order valence-electron chi connectivity index (χ4n) is 3.67. The minimum Gasteiger partial charge on any atom is -0.394 e. The van der Waals surface area contributed by atoms with E-state index >= 15 is 0 Å². The number of nitrogens with zero attached hydrogens (tertiary/aromatic N) is 1. The molecule has 0 aromatic rings. The topological polar surface area (TPSA) is 49.8 Å². The first-order valence-corrected chi connectivity index (χ1v) is 6.77. The highest BCUT2D eigenvalue weighted by Gasteiger charge is 2.58. The Bertz CT molecular complexity index is 336. The molecule has 1 unspecified atom stereocenters. The van der Waals surface area contributed by atoms with E-state index < -0.39 is 5.54 Å². The second-order valence-electron chi connectivity index (χ2n) is 6.78. The van der Waals surface area contributed by atoms with Gasteiger partial charge in [-0.15, -0.1) is 0 Å². The summed E-state index contributed by atoms with van der Waals surface area (Å²) in [6, 6.07) is 0.344. The van der Waals surface area contributed by atoms with Gasteiger partial charge < -0.3 is 9.84 Å². The maximum atomic E-state index is 12.5. The van der Waals surface area contributed by atoms with E-state index in [1.165, 1.54) is 0 Å². The summed E-state index contributed by atoms with van der Waals surface area (Å²) in [5.74, 6) is 0.278. The van der Waals surface area contributed by atoms with Gasteiger partial charge in [0, 0.05) is 25.6 Å². The molecule has 3 fully saturated rings. The van der Waals surface area contributed by atoms with Crippen molar-refractivity contribution in [1.82, 2.24) is 4.90 Å². The van der Waals surface area contributed by atoms with E-state index in [-0.39, 0.29) is 23.7 Å². The lowest BCUT2D eigenvalue weighted by Gasteiger charge is -2.59. The van der Waals surface area contributed by atoms with Crippen LogP contribution in [0.15, 0.2) is 0 Å². The number of piperidine rings is 3. The Hall–Kier alpha value is -0.450. The minimum atomic E-state index is -0.798. The normalized spacial score (nSPS) is 40.3. The number of aliphatic hydroxyl groups is 1. The molecular weight excluding hydrogens is 230 g/mol. The van der Waals surface area contributed by atoms with Crippen LogP contribution in [0.2, 0.25) is 0 Å². The molecule has 3 saturated heterocycles. The molecule has 3 rings (SSSR count). The van der Waals surface area contributed by atoms with Gasteiger partial charge in [-0.3, -0.25) is 9.69 Å². The number of aliphatic hydroxyl groups excluding tert-OH is 1. The van der Waals surface area contributed by atoms with Crippen molar-refractivity contribution >= 4 is 5.78 Å². The Morgan fingerprint density at radius 2 is 2.17 bits per heavy atom. The van der Waals surface area contributed by atoms with Crippen molar-refractivity contribution in [3.63, 3.8) is 0 Å². The molecule has 1 N–H and O–H groups in total. The average Bonchev–Trinajstić information content (AvgIpc) is 2.32. The third kappa shape index (κ3) is 1.91. The summed E-state index contributed by atoms with van der Waals surface area (Å²) in [4.78, 5) is 14.7. The largest absolute Gasteiger partial charge is 0.394 e. The molecule has 104 valence electrons. The van der Waals surface area contributed by atoms with Crippen LogP contribution in [0.3, 0.4) is 0 Å². The van der Waals surface area contributed by atoms with Crippen LogP contribution in [0.1, 0.15) is 33.6 Å². The highest BCUT2D eigenvalue weighted by molar-refractivity contribution is 5.92. The summed E-state index contributed by atoms with van der Waals surface area (Å²) in [7, 11) is 1.60. The number of ketones is 1. The molecule has 4 nitrogen and oxygen atoms in total. The molecule has 3 aliphatic rings. The van der Waals surface area contributed by atoms with Gasteiger partial charge in [-0.25, -0.2) is 0 Å². The van der Waals surface area contributed by atoms with Crippen LogP contribution in [-0.4, -0.2) is 54.2 Å². The van der Waals surface area contributed by atoms with Crippen molar-refractivity contribution in [1.29, 1.82) is 0 Å². The molecule has 0 amide bonds. The van der Waals surface area contributed by atoms with E-state index in [1.54, 1.807) is 7.11 Å². The summed E-state index contributed by atoms with van der Waals surface area (Å²) >= 11 is 0. The Morgan fingerprint density at radius 3 is 2.67 bits per heavy atom. The van der Waals surface area contributed by atoms with Crippen molar-refractivity contribution in [2.75, 3.05) is 26.9 Å². The lowest BCUT2D eigenvalue weighted by atomic mass is 9.65. The van der Waals surface area contributed by atoms with Gasteiger partial charge in [0.25, 0.3) is 0 Å². The second-order valence-corrected chi connectivity index (χ2v) is 6.78. The minimum absolute atomic E-state index is 0.0986. The standard InChI is InChI=1S/C14H25NO3/c1-13(2,3)11-7-10-5-6-15(11)14(8-16,9-18-4)12(10)17/h10-11,16H,5-9H2,1-4H3/t10-,11-,14-/m1/s1. The first-order chi connectivity index (χ1) is 8.36. The molecule has 0 saturated carbocycles. The highest BCUT2D eigenvalue weighted by atomic mass is 16.5. The summed E-state index contributed by atoms with van der Waals surface area (Å²) in [6.07, 6.45) is 1.85. The lowest BCUT2D eigenvalue weighted by molar-refractivity contribution is -0.173. The summed E-state index contributed by atoms with van der Waals surface area (Å²) in [6.45, 7) is 7.67. The molecule has 0 aromatic heterocycles. The molecule has 3 heterocycles. The monoisotopic (exact) mass is 255 g/mol. The van der Waals surface area contributed by atoms with Crippen molar-refractivity contribution in [3.05, 3.63) is 0 Å². The maximum Gasteiger partial charge on any atom is 0.161 e. The number of methoxy groups -OCH3 is 1. The van der Waals surface area contributed by atoms with E-state index in [0.29, 0.717) is 12.6 Å². The number of hydrogen-bond donors (Lipinski definition) is 1. The Morgan fingerprint density at radius 1 is 1.50 bits per heavy atom. The predicted molar refractivity (Wildman–Crippen MR) is 69.4 cm³/mol. The number of rotatable bonds is 3. The molecule has 18 heavy (non-hydrogen) atoms. The molecule has 4 atom stereocenters. The van der Waals surface area contributed by atoms with Gasteiger partial charge in [0.15, 0.2) is 5.78 Å². The Labute approximate surface area is 109 Å². The van der Waals surface area contributed by atoms with Crippen LogP contribution in [0.25, 0.3) is 0 Å². The number of fused-ring (bicyclic) bond motifs is 3. The predicted octanol–water partition coefficient (Wildman–Crippen LogP) is 1.07. The van der Waals surface area contributed by atoms with E-state index in [0.717, 1.165) is 19.4 Å². The van der Waals surface area contributed by atoms with Crippen LogP contribution in [0.5, 0.6) is 0 Å². The number of carbonyl (C=O) groups excluding carboxylic acids is 1. The van der Waals surface area contributed by atoms with Crippen LogP contribution >= 0.6 is 0 Å². The zero-order valence-corrected chi connectivity index (χ0v) is 11.9. The van der Waals surface area contributed by atoms with Gasteiger partial charge in [0.1, 0.15) is 5.54 Å². The smallest absolute Gasteiger partial charge is 0.161 e. The average molecular weight is 255 g/mol. The van der Waals surface area contributed by atoms with Gasteiger partial charge in [-0.05, 0) is 18.3 Å². The number of hydrogen-bond acceptors (Lipinski definition) is 4. The van der Waals surface area contributed by atoms with Crippen molar-refractivity contribution < 1.29 is 14.6 Å². The fraction of sp³-hybridized carbons (Fsp3) is 0.929. The molecule has 2 bridgehead atoms. The van der Waals surface area contributed by atoms with Gasteiger partial charge in [0.2, 0.25) is 0 Å². The van der Waals surface area contributed by atoms with Crippen LogP contribution in [0.4, 0.5) is 0 Å². The van der Waals surface area contributed by atoms with E-state index in [1.807, 2.05) is 0 Å². The van der Waals surface area contributed by atoms with Crippen molar-refractivity contribution in [3.8, 4) is 0 Å². The van der Waals surface area contributed by atoms with Crippen LogP contribution < -0.4 is 0 Å². The lowest BCUT2D eigenvalue weighted by Crippen LogP contribution is -2.73. The molecule has 3 aliphatic heterocycles. The fourth-order valence-corrected chi connectivity index (χ4v) is 3.67. The molecule has 4 heteroatoms. The summed E-state index contributed by atoms with van der Waals surface area (Å²) in [5.41, 5.74) is -0.679. The van der Waals surface area contributed by atoms with Crippen molar-refractivity contribution in [2.45, 2.75) is 45.2 Å². The summed E-state index contributed by atoms with van der Waals surface area (Å²) < 4.78 is 5.24. The number of ether oxygens (including phenoxy) is 1. The molecule has 0 aromatic carbocycles. The second kappa shape index (κ2) is 4.58. The first-order valence-electron chi connectivity index (χ1n) is 6.77. The SMILES string of the molecule is COC[C@]1(CO)C(=O)[C@@H]2CCN1[C@@H](C(C)(C)C)C2. The summed E-state index contributed by atoms with van der Waals surface area (Å²) in [5, 5.41) is 9.81. The maximum absolute atomic E-state index is 12.5. The van der Waals surface area contributed by atoms with E-state index in [9.17, 15) is 9.90 Å². The van der Waals surface area contributed by atoms with E-state index in [2.05, 4.69) is 25.7 Å². The van der Waals surface area contributed by atoms with E-state index in [4.69, 9.17) is 4.74 Å². The zero-order valence-electron chi connectivity index (χ0n) is 11.9. The van der Waals surface area contributed by atoms with Gasteiger partial charge >= 0.3 is 0 Å². The Balaban J connectivity index is 2.37. The third-order valence-electron chi connectivity index (χ3n) is 4.63. The molecular formula is C14H25NO3. The third-order valence-corrected chi connectivity index (χ3v) is 4.63. The van der Waals surface area contributed by atoms with Gasteiger partial charge in [0.05, 0.1) is 13.2 Å². The zero-order chi connectivity index (χ0) is 13.6. The van der Waals surface area contributed by atoms with Gasteiger partial charge in [-0.1, -0.05) is 20.8 Å². The highest BCUT2D eigenvalue weighted by Crippen LogP contribution is 2.45.